The van der Waals surface area contributed by atoms with Gasteiger partial charge < -0.3 is 9.30 Å². The van der Waals surface area contributed by atoms with Crippen molar-refractivity contribution in [1.29, 1.82) is 0 Å². The molecule has 4 heterocycles. The maximum absolute atomic E-state index is 13.2. The number of likely N-dealkylation sites (tertiary alicyclic amines) is 1. The molecule has 1 atom stereocenters. The number of amides is 1. The molecule has 0 unspecified atom stereocenters. The molecule has 3 aromatic rings. The summed E-state index contributed by atoms with van der Waals surface area (Å²) in [4.78, 5) is 23.6. The second-order valence-corrected chi connectivity index (χ2v) is 6.25. The fourth-order valence-electron chi connectivity index (χ4n) is 3.50. The Morgan fingerprint density at radius 3 is 2.79 bits per heavy atom. The minimum Gasteiger partial charge on any atom is -0.332 e. The van der Waals surface area contributed by atoms with E-state index in [0.717, 1.165) is 31.5 Å². The van der Waals surface area contributed by atoms with Crippen LogP contribution in [0.1, 0.15) is 47.6 Å². The fraction of sp³-hybridized carbons (Fsp3) is 0.316. The third-order valence-corrected chi connectivity index (χ3v) is 4.74. The lowest BCUT2D eigenvalue weighted by molar-refractivity contribution is 0.0680. The Labute approximate surface area is 141 Å². The molecule has 4 rings (SSSR count). The van der Waals surface area contributed by atoms with Crippen molar-refractivity contribution >= 4 is 11.6 Å². The van der Waals surface area contributed by atoms with E-state index in [9.17, 15) is 4.79 Å². The highest BCUT2D eigenvalue weighted by molar-refractivity contribution is 5.94. The fourth-order valence-corrected chi connectivity index (χ4v) is 3.50. The summed E-state index contributed by atoms with van der Waals surface area (Å²) < 4.78 is 1.90. The first-order valence-electron chi connectivity index (χ1n) is 8.46. The van der Waals surface area contributed by atoms with Crippen molar-refractivity contribution in [2.24, 2.45) is 0 Å². The molecule has 0 bridgehead atoms. The molecule has 1 fully saturated rings. The molecule has 0 saturated carbocycles. The normalized spacial score (nSPS) is 18.5. The quantitative estimate of drug-likeness (QED) is 0.726. The Hall–Kier alpha value is -2.69. The molecule has 3 aromatic heterocycles. The van der Waals surface area contributed by atoms with Crippen molar-refractivity contribution in [3.05, 3.63) is 66.4 Å². The van der Waals surface area contributed by atoms with E-state index in [0.29, 0.717) is 5.56 Å². The van der Waals surface area contributed by atoms with Crippen LogP contribution in [-0.4, -0.2) is 31.7 Å². The molecule has 1 amide bonds. The molecule has 0 spiro atoms. The first kappa shape index (κ1) is 14.9. The van der Waals surface area contributed by atoms with Crippen LogP contribution < -0.4 is 0 Å². The monoisotopic (exact) mass is 320 g/mol. The molecule has 5 nitrogen and oxygen atoms in total. The Kier molecular flexibility index (Phi) is 3.99. The van der Waals surface area contributed by atoms with Crippen molar-refractivity contribution in [3.8, 4) is 0 Å². The molecular weight excluding hydrogens is 300 g/mol. The number of hydrogen-bond donors (Lipinski definition) is 0. The van der Waals surface area contributed by atoms with Gasteiger partial charge in [0.1, 0.15) is 5.65 Å². The topological polar surface area (TPSA) is 50.5 Å². The van der Waals surface area contributed by atoms with Gasteiger partial charge in [-0.05, 0) is 42.7 Å². The zero-order valence-electron chi connectivity index (χ0n) is 13.5. The number of nitrogens with zero attached hydrogens (tertiary/aromatic N) is 4. The van der Waals surface area contributed by atoms with Gasteiger partial charge in [0.2, 0.25) is 0 Å². The van der Waals surface area contributed by atoms with E-state index in [1.165, 1.54) is 12.0 Å². The summed E-state index contributed by atoms with van der Waals surface area (Å²) in [5.41, 5.74) is 2.73. The van der Waals surface area contributed by atoms with Crippen LogP contribution in [0.5, 0.6) is 0 Å². The average Bonchev–Trinajstić information content (AvgIpc) is 2.96. The largest absolute Gasteiger partial charge is 0.332 e. The summed E-state index contributed by atoms with van der Waals surface area (Å²) in [6.07, 6.45) is 13.5. The van der Waals surface area contributed by atoms with Crippen molar-refractivity contribution < 1.29 is 4.79 Å². The molecule has 0 radical (unpaired) electrons. The average molecular weight is 320 g/mol. The zero-order chi connectivity index (χ0) is 16.4. The van der Waals surface area contributed by atoms with Crippen LogP contribution in [0.25, 0.3) is 5.65 Å². The van der Waals surface area contributed by atoms with Crippen LogP contribution in [0.15, 0.2) is 55.2 Å². The summed E-state index contributed by atoms with van der Waals surface area (Å²) in [6.45, 7) is 0.799. The van der Waals surface area contributed by atoms with Gasteiger partial charge in [0, 0.05) is 37.5 Å². The molecule has 0 aliphatic carbocycles. The Morgan fingerprint density at radius 1 is 1.04 bits per heavy atom. The van der Waals surface area contributed by atoms with Crippen molar-refractivity contribution in [1.82, 2.24) is 19.3 Å². The summed E-state index contributed by atoms with van der Waals surface area (Å²) in [7, 11) is 0. The number of imidazole rings is 1. The van der Waals surface area contributed by atoms with E-state index in [4.69, 9.17) is 0 Å². The second kappa shape index (κ2) is 6.43. The summed E-state index contributed by atoms with van der Waals surface area (Å²) in [5, 5.41) is 0. The second-order valence-electron chi connectivity index (χ2n) is 6.25. The number of aromatic nitrogens is 3. The van der Waals surface area contributed by atoms with E-state index in [1.807, 2.05) is 46.0 Å². The molecule has 24 heavy (non-hydrogen) atoms. The molecule has 1 saturated heterocycles. The number of carbonyl (C=O) groups is 1. The van der Waals surface area contributed by atoms with E-state index >= 15 is 0 Å². The van der Waals surface area contributed by atoms with E-state index in [1.54, 1.807) is 18.6 Å². The molecule has 5 heteroatoms. The first-order chi connectivity index (χ1) is 11.8. The van der Waals surface area contributed by atoms with Crippen molar-refractivity contribution in [2.75, 3.05) is 6.54 Å². The molecule has 1 aliphatic heterocycles. The highest BCUT2D eigenvalue weighted by Crippen LogP contribution is 2.31. The van der Waals surface area contributed by atoms with Gasteiger partial charge >= 0.3 is 0 Å². The number of carbonyl (C=O) groups excluding carboxylic acids is 1. The maximum atomic E-state index is 13.2. The Bertz CT molecular complexity index is 843. The summed E-state index contributed by atoms with van der Waals surface area (Å²) in [6, 6.07) is 7.94. The van der Waals surface area contributed by atoms with E-state index in [-0.39, 0.29) is 11.9 Å². The van der Waals surface area contributed by atoms with E-state index in [2.05, 4.69) is 9.97 Å². The summed E-state index contributed by atoms with van der Waals surface area (Å²) in [5.74, 6) is 0.0920. The smallest absolute Gasteiger partial charge is 0.255 e. The van der Waals surface area contributed by atoms with Crippen LogP contribution in [-0.2, 0) is 0 Å². The number of fused-ring (bicyclic) bond motifs is 1. The standard InChI is InChI=1S/C19H20N4O/c24-19(16-5-6-18-21-11-13-22(18)14-16)23-12-3-1-2-4-17(23)15-7-9-20-10-8-15/h5-11,13-14,17H,1-4,12H2/t17-/m1/s1. The third kappa shape index (κ3) is 2.77. The maximum Gasteiger partial charge on any atom is 0.255 e. The molecular formula is C19H20N4O. The lowest BCUT2D eigenvalue weighted by atomic mass is 10.0. The lowest BCUT2D eigenvalue weighted by Gasteiger charge is -2.30. The molecule has 0 N–H and O–H groups in total. The zero-order valence-corrected chi connectivity index (χ0v) is 13.5. The molecule has 0 aromatic carbocycles. The van der Waals surface area contributed by atoms with Crippen LogP contribution >= 0.6 is 0 Å². The van der Waals surface area contributed by atoms with Crippen LogP contribution in [0, 0.1) is 0 Å². The first-order valence-corrected chi connectivity index (χ1v) is 8.46. The third-order valence-electron chi connectivity index (χ3n) is 4.74. The molecule has 1 aliphatic rings. The highest BCUT2D eigenvalue weighted by atomic mass is 16.2. The van der Waals surface area contributed by atoms with Gasteiger partial charge in [0.05, 0.1) is 11.6 Å². The Balaban J connectivity index is 1.68. The minimum absolute atomic E-state index is 0.0920. The SMILES string of the molecule is O=C(c1ccc2nccn2c1)N1CCCCC[C@@H]1c1ccncc1. The minimum atomic E-state index is 0.0920. The van der Waals surface area contributed by atoms with Crippen molar-refractivity contribution in [3.63, 3.8) is 0 Å². The van der Waals surface area contributed by atoms with Gasteiger partial charge in [-0.1, -0.05) is 12.8 Å². The molecule has 122 valence electrons. The van der Waals surface area contributed by atoms with Gasteiger partial charge in [-0.15, -0.1) is 0 Å². The van der Waals surface area contributed by atoms with Crippen molar-refractivity contribution in [2.45, 2.75) is 31.7 Å². The number of rotatable bonds is 2. The van der Waals surface area contributed by atoms with Gasteiger partial charge in [0.25, 0.3) is 5.91 Å². The number of hydrogen-bond acceptors (Lipinski definition) is 3. The van der Waals surface area contributed by atoms with Gasteiger partial charge in [-0.2, -0.15) is 0 Å². The van der Waals surface area contributed by atoms with E-state index < -0.39 is 0 Å². The van der Waals surface area contributed by atoms with Gasteiger partial charge in [-0.3, -0.25) is 9.78 Å². The van der Waals surface area contributed by atoms with Crippen LogP contribution in [0.2, 0.25) is 0 Å². The van der Waals surface area contributed by atoms with Gasteiger partial charge in [0.15, 0.2) is 0 Å². The van der Waals surface area contributed by atoms with Crippen LogP contribution in [0.3, 0.4) is 0 Å². The summed E-state index contributed by atoms with van der Waals surface area (Å²) >= 11 is 0. The Morgan fingerprint density at radius 2 is 1.92 bits per heavy atom. The highest BCUT2D eigenvalue weighted by Gasteiger charge is 2.27. The van der Waals surface area contributed by atoms with Gasteiger partial charge in [-0.25, -0.2) is 4.98 Å². The number of pyridine rings is 2. The van der Waals surface area contributed by atoms with Crippen LogP contribution in [0.4, 0.5) is 0 Å². The lowest BCUT2D eigenvalue weighted by Crippen LogP contribution is -2.35. The predicted molar refractivity (Wildman–Crippen MR) is 91.7 cm³/mol. The predicted octanol–water partition coefficient (Wildman–Crippen LogP) is 3.49.